The number of carbonyl (C=O) groups excluding carboxylic acids is 1. The van der Waals surface area contributed by atoms with Crippen LogP contribution in [0.5, 0.6) is 0 Å². The summed E-state index contributed by atoms with van der Waals surface area (Å²) in [6.45, 7) is 3.71. The van der Waals surface area contributed by atoms with Crippen LogP contribution in [0.25, 0.3) is 0 Å². The van der Waals surface area contributed by atoms with Crippen molar-refractivity contribution in [1.29, 1.82) is 0 Å². The minimum absolute atomic E-state index is 0.377. The highest BCUT2D eigenvalue weighted by atomic mass is 16.8. The molecule has 0 saturated carbocycles. The van der Waals surface area contributed by atoms with Crippen LogP contribution in [0.4, 0.5) is 0 Å². The number of epoxide rings is 1. The Bertz CT molecular complexity index is 377. The first-order valence-electron chi connectivity index (χ1n) is 7.57. The molecule has 20 heavy (non-hydrogen) atoms. The predicted molar refractivity (Wildman–Crippen MR) is 76.0 cm³/mol. The van der Waals surface area contributed by atoms with Gasteiger partial charge in [-0.3, -0.25) is 0 Å². The number of hydrogen-bond donors (Lipinski definition) is 1. The maximum absolute atomic E-state index is 11.0. The Balaban J connectivity index is 1.50. The average Bonchev–Trinajstić information content (AvgIpc) is 3.00. The van der Waals surface area contributed by atoms with Crippen LogP contribution in [-0.2, 0) is 14.3 Å². The fourth-order valence-electron chi connectivity index (χ4n) is 2.64. The highest BCUT2D eigenvalue weighted by Gasteiger charge is 2.63. The molecule has 4 heteroatoms. The van der Waals surface area contributed by atoms with Crippen LogP contribution in [0.2, 0.25) is 0 Å². The number of ether oxygens (including phenoxy) is 2. The molecule has 0 unspecified atom stereocenters. The van der Waals surface area contributed by atoms with Gasteiger partial charge in [-0.15, -0.1) is 6.58 Å². The molecule has 0 aliphatic carbocycles. The van der Waals surface area contributed by atoms with E-state index < -0.39 is 11.9 Å². The summed E-state index contributed by atoms with van der Waals surface area (Å²) in [5.41, 5.74) is 0. The monoisotopic (exact) mass is 280 g/mol. The van der Waals surface area contributed by atoms with Crippen LogP contribution >= 0.6 is 0 Å². The van der Waals surface area contributed by atoms with Crippen molar-refractivity contribution >= 4 is 5.97 Å². The summed E-state index contributed by atoms with van der Waals surface area (Å²) < 4.78 is 10.4. The van der Waals surface area contributed by atoms with Gasteiger partial charge in [-0.2, -0.15) is 0 Å². The summed E-state index contributed by atoms with van der Waals surface area (Å²) in [5.74, 6) is -1.33. The van der Waals surface area contributed by atoms with E-state index in [1.165, 1.54) is 31.8 Å². The van der Waals surface area contributed by atoms with Crippen molar-refractivity contribution in [2.45, 2.75) is 69.4 Å². The molecule has 1 N–H and O–H groups in total. The zero-order valence-electron chi connectivity index (χ0n) is 11.9. The second-order valence-electron chi connectivity index (χ2n) is 5.57. The second kappa shape index (κ2) is 7.04. The number of unbranched alkanes of at least 4 members (excludes halogenated alkanes) is 6. The van der Waals surface area contributed by atoms with Crippen LogP contribution in [0.3, 0.4) is 0 Å². The van der Waals surface area contributed by atoms with Gasteiger partial charge >= 0.3 is 5.97 Å². The van der Waals surface area contributed by atoms with Gasteiger partial charge in [0.05, 0.1) is 6.10 Å². The van der Waals surface area contributed by atoms with Crippen molar-refractivity contribution < 1.29 is 19.4 Å². The first-order chi connectivity index (χ1) is 9.68. The molecule has 1 saturated heterocycles. The smallest absolute Gasteiger partial charge is 0.333 e. The lowest BCUT2D eigenvalue weighted by Crippen LogP contribution is -2.24. The van der Waals surface area contributed by atoms with Crippen LogP contribution in [0.1, 0.15) is 51.4 Å². The first kappa shape index (κ1) is 15.3. The minimum atomic E-state index is -0.943. The number of rotatable bonds is 10. The lowest BCUT2D eigenvalue weighted by Gasteiger charge is -2.09. The van der Waals surface area contributed by atoms with Gasteiger partial charge in [0, 0.05) is 6.08 Å². The molecule has 0 aromatic carbocycles. The van der Waals surface area contributed by atoms with E-state index in [1.807, 2.05) is 6.08 Å². The molecule has 2 aliphatic heterocycles. The molecule has 0 bridgehead atoms. The fourth-order valence-corrected chi connectivity index (χ4v) is 2.64. The molecule has 2 rings (SSSR count). The Hall–Kier alpha value is -1.13. The van der Waals surface area contributed by atoms with Crippen LogP contribution in [-0.4, -0.2) is 29.1 Å². The van der Waals surface area contributed by atoms with E-state index in [0.717, 1.165) is 19.3 Å². The Labute approximate surface area is 120 Å². The minimum Gasteiger partial charge on any atom is -0.423 e. The summed E-state index contributed by atoms with van der Waals surface area (Å²) in [7, 11) is 0. The van der Waals surface area contributed by atoms with Crippen molar-refractivity contribution in [1.82, 2.24) is 0 Å². The zero-order chi connectivity index (χ0) is 14.4. The number of aliphatic hydroxyl groups excluding tert-OH is 1. The van der Waals surface area contributed by atoms with Crippen molar-refractivity contribution in [2.24, 2.45) is 0 Å². The van der Waals surface area contributed by atoms with Crippen molar-refractivity contribution in [3.05, 3.63) is 24.8 Å². The number of aliphatic hydroxyl groups is 1. The summed E-state index contributed by atoms with van der Waals surface area (Å²) in [4.78, 5) is 11.0. The molecular weight excluding hydrogens is 256 g/mol. The van der Waals surface area contributed by atoms with E-state index >= 15 is 0 Å². The topological polar surface area (TPSA) is 59.1 Å². The van der Waals surface area contributed by atoms with E-state index in [-0.39, 0.29) is 12.1 Å². The molecule has 1 fully saturated rings. The van der Waals surface area contributed by atoms with E-state index in [9.17, 15) is 9.90 Å². The van der Waals surface area contributed by atoms with Gasteiger partial charge in [-0.25, -0.2) is 4.79 Å². The van der Waals surface area contributed by atoms with E-state index in [1.54, 1.807) is 6.08 Å². The molecule has 112 valence electrons. The molecule has 2 aliphatic rings. The molecule has 0 aromatic heterocycles. The molecular formula is C16H24O4. The van der Waals surface area contributed by atoms with E-state index in [4.69, 9.17) is 9.47 Å². The summed E-state index contributed by atoms with van der Waals surface area (Å²) in [6, 6.07) is 0. The molecule has 0 aromatic rings. The van der Waals surface area contributed by atoms with Crippen LogP contribution in [0, 0.1) is 0 Å². The van der Waals surface area contributed by atoms with Crippen molar-refractivity contribution in [2.75, 3.05) is 0 Å². The lowest BCUT2D eigenvalue weighted by molar-refractivity contribution is -0.144. The van der Waals surface area contributed by atoms with Gasteiger partial charge in [0.1, 0.15) is 0 Å². The molecule has 1 spiro atoms. The third-order valence-electron chi connectivity index (χ3n) is 3.87. The van der Waals surface area contributed by atoms with Gasteiger partial charge in [0.15, 0.2) is 6.10 Å². The summed E-state index contributed by atoms with van der Waals surface area (Å²) in [6.07, 6.45) is 12.8. The maximum Gasteiger partial charge on any atom is 0.333 e. The molecule has 3 atom stereocenters. The highest BCUT2D eigenvalue weighted by Crippen LogP contribution is 2.45. The quantitative estimate of drug-likeness (QED) is 0.289. The Kier molecular flexibility index (Phi) is 5.38. The van der Waals surface area contributed by atoms with Crippen LogP contribution < -0.4 is 0 Å². The maximum atomic E-state index is 11.0. The SMILES string of the molecule is C=CCCCCCCCC[C@H](O)[C@@H]1O[C@]12C=CC(=O)O2. The molecule has 0 radical (unpaired) electrons. The Morgan fingerprint density at radius 3 is 2.65 bits per heavy atom. The first-order valence-corrected chi connectivity index (χ1v) is 7.57. The van der Waals surface area contributed by atoms with Crippen LogP contribution in [0.15, 0.2) is 24.8 Å². The third-order valence-corrected chi connectivity index (χ3v) is 3.87. The Morgan fingerprint density at radius 2 is 2.00 bits per heavy atom. The van der Waals surface area contributed by atoms with Gasteiger partial charge in [0.2, 0.25) is 0 Å². The highest BCUT2D eigenvalue weighted by molar-refractivity contribution is 5.85. The Morgan fingerprint density at radius 1 is 1.30 bits per heavy atom. The normalized spacial score (nSPS) is 28.6. The van der Waals surface area contributed by atoms with Gasteiger partial charge in [-0.05, 0) is 25.3 Å². The number of allylic oxidation sites excluding steroid dienone is 1. The van der Waals surface area contributed by atoms with Gasteiger partial charge < -0.3 is 14.6 Å². The largest absolute Gasteiger partial charge is 0.423 e. The van der Waals surface area contributed by atoms with Crippen molar-refractivity contribution in [3.8, 4) is 0 Å². The van der Waals surface area contributed by atoms with Crippen molar-refractivity contribution in [3.63, 3.8) is 0 Å². The fraction of sp³-hybridized carbons (Fsp3) is 0.688. The standard InChI is InChI=1S/C16H24O4/c1-2-3-4-5-6-7-8-9-10-13(17)15-16(20-15)12-11-14(18)19-16/h2,11-13,15,17H,1,3-10H2/t13-,15-,16+/m0/s1. The molecule has 4 nitrogen and oxygen atoms in total. The predicted octanol–water partition coefficient (Wildman–Crippen LogP) is 2.86. The zero-order valence-corrected chi connectivity index (χ0v) is 11.9. The average molecular weight is 280 g/mol. The number of esters is 1. The second-order valence-corrected chi connectivity index (χ2v) is 5.57. The van der Waals surface area contributed by atoms with E-state index in [0.29, 0.717) is 6.42 Å². The molecule has 0 amide bonds. The molecule has 2 heterocycles. The summed E-state index contributed by atoms with van der Waals surface area (Å²) >= 11 is 0. The lowest BCUT2D eigenvalue weighted by atomic mass is 10.0. The summed E-state index contributed by atoms with van der Waals surface area (Å²) in [5, 5.41) is 10.0. The van der Waals surface area contributed by atoms with Gasteiger partial charge in [0.25, 0.3) is 5.79 Å². The van der Waals surface area contributed by atoms with Gasteiger partial charge in [-0.1, -0.05) is 38.2 Å². The number of carbonyl (C=O) groups is 1. The number of hydrogen-bond acceptors (Lipinski definition) is 4. The van der Waals surface area contributed by atoms with E-state index in [2.05, 4.69) is 6.58 Å². The third kappa shape index (κ3) is 3.93.